The van der Waals surface area contributed by atoms with E-state index in [9.17, 15) is 19.8 Å². The monoisotopic (exact) mass is 272 g/mol. The van der Waals surface area contributed by atoms with Crippen molar-refractivity contribution in [3.8, 4) is 0 Å². The summed E-state index contributed by atoms with van der Waals surface area (Å²) in [5.41, 5.74) is 9.42. The molecule has 1 atom stereocenters. The lowest BCUT2D eigenvalue weighted by atomic mass is 9.75. The van der Waals surface area contributed by atoms with E-state index in [1.165, 1.54) is 12.1 Å². The van der Waals surface area contributed by atoms with Gasteiger partial charge in [-0.2, -0.15) is 0 Å². The normalized spacial score (nSPS) is 25.2. The molecular formula is C14H12N2O4. The van der Waals surface area contributed by atoms with Crippen molar-refractivity contribution >= 4 is 17.3 Å². The van der Waals surface area contributed by atoms with Crippen LogP contribution in [0.5, 0.6) is 0 Å². The van der Waals surface area contributed by atoms with Crippen LogP contribution in [-0.2, 0) is 0 Å². The Hall–Kier alpha value is -2.44. The average molecular weight is 272 g/mol. The number of benzene rings is 1. The van der Waals surface area contributed by atoms with Crippen LogP contribution in [0.4, 0.5) is 5.69 Å². The Kier molecular flexibility index (Phi) is 2.38. The van der Waals surface area contributed by atoms with Gasteiger partial charge in [0, 0.05) is 16.8 Å². The number of ketones is 2. The molecule has 20 heavy (non-hydrogen) atoms. The maximum Gasteiger partial charge on any atom is 0.196 e. The van der Waals surface area contributed by atoms with E-state index in [2.05, 4.69) is 0 Å². The van der Waals surface area contributed by atoms with E-state index in [0.717, 1.165) is 6.08 Å². The van der Waals surface area contributed by atoms with Crippen molar-refractivity contribution in [1.29, 1.82) is 0 Å². The first-order chi connectivity index (χ1) is 9.33. The molecule has 6 heteroatoms. The molecule has 1 unspecified atom stereocenters. The molecule has 6 nitrogen and oxygen atoms in total. The zero-order valence-corrected chi connectivity index (χ0v) is 10.4. The number of anilines is 1. The summed E-state index contributed by atoms with van der Waals surface area (Å²) < 4.78 is 0. The Bertz CT molecular complexity index is 729. The minimum absolute atomic E-state index is 0.0815. The Balaban J connectivity index is 2.34. The van der Waals surface area contributed by atoms with E-state index in [-0.39, 0.29) is 40.1 Å². The molecule has 2 aliphatic rings. The average Bonchev–Trinajstić information content (AvgIpc) is 2.33. The number of Topliss-reactive ketones (excluding diaryl/α,β-unsaturated/α-hetero) is 2. The fourth-order valence-electron chi connectivity index (χ4n) is 2.67. The van der Waals surface area contributed by atoms with Crippen molar-refractivity contribution in [3.63, 3.8) is 0 Å². The molecule has 0 saturated heterocycles. The molecule has 2 aliphatic carbocycles. The number of hydrogen-bond acceptors (Lipinski definition) is 6. The first-order valence-electron chi connectivity index (χ1n) is 5.96. The van der Waals surface area contributed by atoms with E-state index < -0.39 is 17.3 Å². The third-order valence-electron chi connectivity index (χ3n) is 3.50. The molecule has 0 spiro atoms. The molecule has 0 bridgehead atoms. The number of rotatable bonds is 0. The first-order valence-corrected chi connectivity index (χ1v) is 5.96. The Morgan fingerprint density at radius 1 is 1.20 bits per heavy atom. The van der Waals surface area contributed by atoms with E-state index in [0.29, 0.717) is 0 Å². The van der Waals surface area contributed by atoms with Crippen LogP contribution in [0.2, 0.25) is 0 Å². The fourth-order valence-corrected chi connectivity index (χ4v) is 2.67. The van der Waals surface area contributed by atoms with Crippen molar-refractivity contribution < 1.29 is 19.8 Å². The summed E-state index contributed by atoms with van der Waals surface area (Å²) in [5.74, 6) is -1.33. The molecule has 3 rings (SSSR count). The maximum atomic E-state index is 12.5. The molecule has 0 amide bonds. The molecule has 1 aromatic carbocycles. The molecule has 0 radical (unpaired) electrons. The second-order valence-electron chi connectivity index (χ2n) is 4.95. The third kappa shape index (κ3) is 1.52. The Labute approximate surface area is 114 Å². The van der Waals surface area contributed by atoms with Crippen LogP contribution >= 0.6 is 0 Å². The maximum absolute atomic E-state index is 12.5. The molecule has 0 aromatic heterocycles. The number of hydrogen-bond donors (Lipinski definition) is 4. The summed E-state index contributed by atoms with van der Waals surface area (Å²) in [4.78, 5) is 24.9. The molecule has 1 aromatic rings. The van der Waals surface area contributed by atoms with Crippen LogP contribution in [0.3, 0.4) is 0 Å². The summed E-state index contributed by atoms with van der Waals surface area (Å²) in [6, 6.07) is 4.52. The van der Waals surface area contributed by atoms with Gasteiger partial charge < -0.3 is 15.9 Å². The Morgan fingerprint density at radius 3 is 2.60 bits per heavy atom. The number of fused-ring (bicyclic) bond motifs is 1. The fraction of sp³-hybridized carbons (Fsp3) is 0.143. The molecule has 0 fully saturated rings. The minimum Gasteiger partial charge on any atom is -0.512 e. The van der Waals surface area contributed by atoms with Crippen molar-refractivity contribution in [2.75, 3.05) is 5.73 Å². The number of aliphatic hydroxyl groups excluding tert-OH is 1. The van der Waals surface area contributed by atoms with Crippen molar-refractivity contribution in [3.05, 3.63) is 52.3 Å². The summed E-state index contributed by atoms with van der Waals surface area (Å²) in [5, 5.41) is 19.7. The smallest absolute Gasteiger partial charge is 0.196 e. The van der Waals surface area contributed by atoms with Crippen LogP contribution in [0.15, 0.2) is 41.2 Å². The van der Waals surface area contributed by atoms with Gasteiger partial charge in [0.05, 0.1) is 23.3 Å². The molecule has 0 aliphatic heterocycles. The van der Waals surface area contributed by atoms with E-state index in [1.54, 1.807) is 6.07 Å². The number of nitrogens with two attached hydrogens (primary N) is 2. The second kappa shape index (κ2) is 3.78. The van der Waals surface area contributed by atoms with Gasteiger partial charge >= 0.3 is 0 Å². The Morgan fingerprint density at radius 2 is 1.90 bits per heavy atom. The largest absolute Gasteiger partial charge is 0.512 e. The molecule has 6 N–H and O–H groups in total. The van der Waals surface area contributed by atoms with E-state index >= 15 is 0 Å². The van der Waals surface area contributed by atoms with Crippen LogP contribution in [-0.4, -0.2) is 27.5 Å². The van der Waals surface area contributed by atoms with Crippen LogP contribution in [0.25, 0.3) is 0 Å². The summed E-state index contributed by atoms with van der Waals surface area (Å²) in [7, 11) is 0. The van der Waals surface area contributed by atoms with Gasteiger partial charge in [-0.15, -0.1) is 0 Å². The highest BCUT2D eigenvalue weighted by atomic mass is 16.3. The highest BCUT2D eigenvalue weighted by Crippen LogP contribution is 2.38. The number of carbonyl (C=O) groups is 2. The molecular weight excluding hydrogens is 260 g/mol. The van der Waals surface area contributed by atoms with Crippen LogP contribution < -0.4 is 11.5 Å². The highest BCUT2D eigenvalue weighted by Gasteiger charge is 2.44. The van der Waals surface area contributed by atoms with Crippen molar-refractivity contribution in [1.82, 2.24) is 0 Å². The lowest BCUT2D eigenvalue weighted by Gasteiger charge is -2.33. The topological polar surface area (TPSA) is 127 Å². The van der Waals surface area contributed by atoms with Crippen LogP contribution in [0, 0.1) is 0 Å². The van der Waals surface area contributed by atoms with Crippen LogP contribution in [0.1, 0.15) is 27.1 Å². The zero-order valence-electron chi connectivity index (χ0n) is 10.4. The lowest BCUT2D eigenvalue weighted by molar-refractivity contribution is 0.0595. The highest BCUT2D eigenvalue weighted by molar-refractivity contribution is 6.30. The molecule has 0 saturated carbocycles. The van der Waals surface area contributed by atoms with Gasteiger partial charge in [-0.05, 0) is 12.1 Å². The zero-order chi connectivity index (χ0) is 14.7. The number of carbonyl (C=O) groups excluding carboxylic acids is 2. The van der Waals surface area contributed by atoms with E-state index in [1.807, 2.05) is 0 Å². The van der Waals surface area contributed by atoms with E-state index in [4.69, 9.17) is 11.5 Å². The summed E-state index contributed by atoms with van der Waals surface area (Å²) in [6.45, 7) is 0. The molecule has 102 valence electrons. The minimum atomic E-state index is -2.07. The summed E-state index contributed by atoms with van der Waals surface area (Å²) in [6.07, 6.45) is 0.842. The van der Waals surface area contributed by atoms with Gasteiger partial charge in [0.25, 0.3) is 0 Å². The van der Waals surface area contributed by atoms with Gasteiger partial charge in [-0.25, -0.2) is 0 Å². The summed E-state index contributed by atoms with van der Waals surface area (Å²) >= 11 is 0. The third-order valence-corrected chi connectivity index (χ3v) is 3.50. The quantitative estimate of drug-likeness (QED) is 0.401. The molecule has 0 heterocycles. The predicted molar refractivity (Wildman–Crippen MR) is 71.0 cm³/mol. The van der Waals surface area contributed by atoms with Crippen molar-refractivity contribution in [2.24, 2.45) is 5.73 Å². The van der Waals surface area contributed by atoms with Crippen molar-refractivity contribution in [2.45, 2.75) is 12.1 Å². The van der Waals surface area contributed by atoms with Gasteiger partial charge in [0.2, 0.25) is 0 Å². The van der Waals surface area contributed by atoms with Gasteiger partial charge in [-0.1, -0.05) is 12.1 Å². The van der Waals surface area contributed by atoms with Gasteiger partial charge in [0.15, 0.2) is 17.3 Å². The lowest BCUT2D eigenvalue weighted by Crippen LogP contribution is -2.49. The van der Waals surface area contributed by atoms with Gasteiger partial charge in [-0.3, -0.25) is 15.3 Å². The second-order valence-corrected chi connectivity index (χ2v) is 4.95. The number of aliphatic hydroxyl groups is 2. The predicted octanol–water partition coefficient (Wildman–Crippen LogP) is 0.437. The van der Waals surface area contributed by atoms with Gasteiger partial charge in [0.1, 0.15) is 0 Å². The first kappa shape index (κ1) is 12.6. The standard InChI is InChI=1S/C14H12N2O4/c15-9-3-1-2-7-10(9)12(18)8-4-6(17)5-14(16,20)11(8)13(7)19/h1-4,17,20H,5,15-16H2. The SMILES string of the molecule is Nc1cccc2c1C(=O)C1=C(C2=O)C(N)(O)CC(O)=C1. The number of allylic oxidation sites excluding steroid dienone is 2. The number of nitrogen functional groups attached to an aromatic ring is 1.